The second-order valence-corrected chi connectivity index (χ2v) is 11.8. The standard InChI is InChI=1S/C36H40IN3O4/c1-5-21-40-34-28(16-10-17-30(34)33-25(3)39(4)38-31(33)24-42-22-12-20-37)29(35(40)36(41)43-6-2)18-11-23-44-32-19-9-14-26-13-7-8-15-27(26)32/h5,7-10,13-17,19H,1,6,11-12,18,20-24H2,2-4H3. The van der Waals surface area contributed by atoms with Gasteiger partial charge < -0.3 is 18.8 Å². The molecule has 5 rings (SSSR count). The van der Waals surface area contributed by atoms with Gasteiger partial charge in [-0.2, -0.15) is 5.10 Å². The number of alkyl halides is 1. The van der Waals surface area contributed by atoms with Crippen LogP contribution in [0.15, 0.2) is 73.3 Å². The molecule has 0 bridgehead atoms. The Balaban J connectivity index is 1.55. The van der Waals surface area contributed by atoms with Gasteiger partial charge in [0.05, 0.1) is 31.0 Å². The predicted molar refractivity (Wildman–Crippen MR) is 186 cm³/mol. The fraction of sp³-hybridized carbons (Fsp3) is 0.333. The Labute approximate surface area is 272 Å². The third kappa shape index (κ3) is 6.56. The fourth-order valence-electron chi connectivity index (χ4n) is 5.89. The van der Waals surface area contributed by atoms with Crippen molar-refractivity contribution in [1.29, 1.82) is 0 Å². The molecule has 5 aromatic rings. The number of esters is 1. The quantitative estimate of drug-likeness (QED) is 0.0361. The first-order valence-corrected chi connectivity index (χ1v) is 16.7. The maximum absolute atomic E-state index is 13.6. The minimum Gasteiger partial charge on any atom is -0.493 e. The molecule has 0 saturated carbocycles. The van der Waals surface area contributed by atoms with E-state index >= 15 is 0 Å². The Morgan fingerprint density at radius 1 is 1.02 bits per heavy atom. The molecule has 0 saturated heterocycles. The number of rotatable bonds is 15. The summed E-state index contributed by atoms with van der Waals surface area (Å²) in [7, 11) is 1.96. The van der Waals surface area contributed by atoms with E-state index in [-0.39, 0.29) is 5.97 Å². The number of aromatic nitrogens is 3. The van der Waals surface area contributed by atoms with Gasteiger partial charge in [0.2, 0.25) is 0 Å². The van der Waals surface area contributed by atoms with Crippen LogP contribution in [0.3, 0.4) is 0 Å². The van der Waals surface area contributed by atoms with E-state index in [1.54, 1.807) is 0 Å². The molecule has 0 radical (unpaired) electrons. The summed E-state index contributed by atoms with van der Waals surface area (Å²) in [6.45, 7) is 10.3. The summed E-state index contributed by atoms with van der Waals surface area (Å²) in [5.74, 6) is 0.539. The van der Waals surface area contributed by atoms with Crippen LogP contribution in [0.2, 0.25) is 0 Å². The van der Waals surface area contributed by atoms with Crippen LogP contribution < -0.4 is 4.74 Å². The summed E-state index contributed by atoms with van der Waals surface area (Å²) < 4.78 is 22.9. The molecule has 2 aromatic heterocycles. The highest BCUT2D eigenvalue weighted by Gasteiger charge is 2.27. The second kappa shape index (κ2) is 14.9. The average Bonchev–Trinajstić information content (AvgIpc) is 3.50. The SMILES string of the molecule is C=CCn1c(C(=O)OCC)c(CCCOc2cccc3ccccc23)c2cccc(-c3c(COCCCI)nn(C)c3C)c21. The number of nitrogens with zero attached hydrogens (tertiary/aromatic N) is 3. The Hall–Kier alpha value is -3.63. The molecule has 7 nitrogen and oxygen atoms in total. The van der Waals surface area contributed by atoms with E-state index in [9.17, 15) is 4.79 Å². The lowest BCUT2D eigenvalue weighted by molar-refractivity contribution is 0.0513. The molecule has 0 spiro atoms. The lowest BCUT2D eigenvalue weighted by atomic mass is 9.98. The van der Waals surface area contributed by atoms with Gasteiger partial charge in [-0.15, -0.1) is 6.58 Å². The van der Waals surface area contributed by atoms with Gasteiger partial charge >= 0.3 is 5.97 Å². The first-order chi connectivity index (χ1) is 21.5. The summed E-state index contributed by atoms with van der Waals surface area (Å²) >= 11 is 2.37. The molecule has 0 aliphatic carbocycles. The lowest BCUT2D eigenvalue weighted by Crippen LogP contribution is -2.14. The van der Waals surface area contributed by atoms with Gasteiger partial charge in [0.15, 0.2) is 0 Å². The molecule has 0 fully saturated rings. The van der Waals surface area contributed by atoms with E-state index in [1.807, 2.05) is 49.0 Å². The first kappa shape index (κ1) is 31.8. The maximum atomic E-state index is 13.6. The van der Waals surface area contributed by atoms with Gasteiger partial charge in [-0.3, -0.25) is 4.68 Å². The van der Waals surface area contributed by atoms with Crippen LogP contribution in [0.4, 0.5) is 0 Å². The van der Waals surface area contributed by atoms with Crippen LogP contribution >= 0.6 is 22.6 Å². The predicted octanol–water partition coefficient (Wildman–Crippen LogP) is 8.22. The van der Waals surface area contributed by atoms with Crippen LogP contribution in [0.5, 0.6) is 5.75 Å². The number of hydrogen-bond donors (Lipinski definition) is 0. The minimum absolute atomic E-state index is 0.297. The molecule has 8 heteroatoms. The highest BCUT2D eigenvalue weighted by Crippen LogP contribution is 2.38. The van der Waals surface area contributed by atoms with Crippen LogP contribution in [0, 0.1) is 6.92 Å². The van der Waals surface area contributed by atoms with Crippen molar-refractivity contribution in [3.63, 3.8) is 0 Å². The number of fused-ring (bicyclic) bond motifs is 2. The molecule has 0 amide bonds. The summed E-state index contributed by atoms with van der Waals surface area (Å²) in [6, 6.07) is 20.6. The number of hydrogen-bond acceptors (Lipinski definition) is 5. The van der Waals surface area contributed by atoms with E-state index in [2.05, 4.69) is 77.1 Å². The number of halogens is 1. The smallest absolute Gasteiger partial charge is 0.355 e. The zero-order valence-corrected chi connectivity index (χ0v) is 27.9. The summed E-state index contributed by atoms with van der Waals surface area (Å²) in [6.07, 6.45) is 4.21. The topological polar surface area (TPSA) is 67.5 Å². The Morgan fingerprint density at radius 3 is 2.59 bits per heavy atom. The van der Waals surface area contributed by atoms with Gasteiger partial charge in [-0.25, -0.2) is 4.79 Å². The average molecular weight is 706 g/mol. The minimum atomic E-state index is -0.327. The van der Waals surface area contributed by atoms with Crippen molar-refractivity contribution in [2.75, 3.05) is 24.2 Å². The summed E-state index contributed by atoms with van der Waals surface area (Å²) in [5.41, 5.74) is 6.50. The second-order valence-electron chi connectivity index (χ2n) is 10.7. The van der Waals surface area contributed by atoms with Gasteiger partial charge in [-0.1, -0.05) is 83.3 Å². The van der Waals surface area contributed by atoms with Crippen molar-refractivity contribution in [3.8, 4) is 16.9 Å². The zero-order chi connectivity index (χ0) is 31.1. The fourth-order valence-corrected chi connectivity index (χ4v) is 6.20. The molecule has 0 unspecified atom stereocenters. The maximum Gasteiger partial charge on any atom is 0.355 e. The van der Waals surface area contributed by atoms with Crippen LogP contribution in [-0.2, 0) is 36.1 Å². The molecule has 2 heterocycles. The number of carbonyl (C=O) groups is 1. The van der Waals surface area contributed by atoms with Crippen molar-refractivity contribution in [3.05, 3.63) is 96.0 Å². The number of ether oxygens (including phenoxy) is 3. The van der Waals surface area contributed by atoms with E-state index in [1.165, 1.54) is 0 Å². The molecule has 0 N–H and O–H groups in total. The monoisotopic (exact) mass is 705 g/mol. The van der Waals surface area contributed by atoms with Gasteiger partial charge in [0.1, 0.15) is 11.4 Å². The molecular weight excluding hydrogens is 665 g/mol. The van der Waals surface area contributed by atoms with E-state index in [0.29, 0.717) is 45.1 Å². The van der Waals surface area contributed by atoms with Crippen molar-refractivity contribution in [1.82, 2.24) is 14.3 Å². The molecule has 230 valence electrons. The summed E-state index contributed by atoms with van der Waals surface area (Å²) in [4.78, 5) is 13.6. The highest BCUT2D eigenvalue weighted by atomic mass is 127. The number of para-hydroxylation sites is 1. The summed E-state index contributed by atoms with van der Waals surface area (Å²) in [5, 5.41) is 8.09. The third-order valence-electron chi connectivity index (χ3n) is 7.88. The zero-order valence-electron chi connectivity index (χ0n) is 25.8. The molecule has 3 aromatic carbocycles. The highest BCUT2D eigenvalue weighted by molar-refractivity contribution is 14.1. The molecule has 0 aliphatic heterocycles. The van der Waals surface area contributed by atoms with Crippen molar-refractivity contribution in [2.24, 2.45) is 7.05 Å². The Kier molecular flexibility index (Phi) is 10.8. The largest absolute Gasteiger partial charge is 0.493 e. The number of carbonyl (C=O) groups excluding carboxylic acids is 1. The van der Waals surface area contributed by atoms with Crippen molar-refractivity contribution < 1.29 is 19.0 Å². The van der Waals surface area contributed by atoms with Gasteiger partial charge in [0, 0.05) is 52.2 Å². The van der Waals surface area contributed by atoms with Crippen LogP contribution in [0.1, 0.15) is 47.2 Å². The van der Waals surface area contributed by atoms with Gasteiger partial charge in [0.25, 0.3) is 0 Å². The van der Waals surface area contributed by atoms with Crippen LogP contribution in [0.25, 0.3) is 32.8 Å². The van der Waals surface area contributed by atoms with E-state index in [4.69, 9.17) is 19.3 Å². The normalized spacial score (nSPS) is 11.4. The van der Waals surface area contributed by atoms with Crippen molar-refractivity contribution in [2.45, 2.75) is 46.3 Å². The molecule has 0 atom stereocenters. The number of aryl methyl sites for hydroxylation is 2. The molecular formula is C36H40IN3O4. The number of benzene rings is 3. The molecule has 44 heavy (non-hydrogen) atoms. The van der Waals surface area contributed by atoms with E-state index in [0.717, 1.165) is 72.8 Å². The van der Waals surface area contributed by atoms with E-state index < -0.39 is 0 Å². The lowest BCUT2D eigenvalue weighted by Gasteiger charge is -2.13. The third-order valence-corrected chi connectivity index (χ3v) is 8.65. The Morgan fingerprint density at radius 2 is 1.80 bits per heavy atom. The first-order valence-electron chi connectivity index (χ1n) is 15.2. The van der Waals surface area contributed by atoms with Crippen molar-refractivity contribution >= 4 is 50.2 Å². The number of allylic oxidation sites excluding steroid dienone is 1. The van der Waals surface area contributed by atoms with Crippen LogP contribution in [-0.4, -0.2) is 44.6 Å². The van der Waals surface area contributed by atoms with Gasteiger partial charge in [-0.05, 0) is 50.1 Å². The molecule has 0 aliphatic rings. The Bertz CT molecular complexity index is 1770.